The first-order chi connectivity index (χ1) is 6.05. The summed E-state index contributed by atoms with van der Waals surface area (Å²) < 4.78 is 0. The quantitative estimate of drug-likeness (QED) is 0.624. The lowest BCUT2D eigenvalue weighted by atomic mass is 10.0. The second-order valence-corrected chi connectivity index (χ2v) is 3.80. The molecule has 3 heteroatoms. The van der Waals surface area contributed by atoms with Crippen LogP contribution in [0, 0.1) is 0 Å². The molecule has 0 saturated carbocycles. The largest absolute Gasteiger partial charge is 0.396 e. The third-order valence-corrected chi connectivity index (χ3v) is 2.41. The molecule has 80 valence electrons. The van der Waals surface area contributed by atoms with Crippen LogP contribution in [0.2, 0.25) is 0 Å². The first kappa shape index (κ1) is 12.9. The molecule has 0 aromatic rings. The van der Waals surface area contributed by atoms with E-state index in [1.54, 1.807) is 0 Å². The van der Waals surface area contributed by atoms with Gasteiger partial charge in [0.25, 0.3) is 0 Å². The van der Waals surface area contributed by atoms with E-state index in [1.807, 2.05) is 13.8 Å². The average molecular weight is 189 g/mol. The van der Waals surface area contributed by atoms with Gasteiger partial charge in [-0.2, -0.15) is 0 Å². The minimum Gasteiger partial charge on any atom is -0.396 e. The number of aliphatic hydroxyl groups excluding tert-OH is 1. The molecule has 13 heavy (non-hydrogen) atoms. The lowest BCUT2D eigenvalue weighted by Crippen LogP contribution is -2.40. The van der Waals surface area contributed by atoms with Crippen molar-refractivity contribution in [2.45, 2.75) is 39.2 Å². The van der Waals surface area contributed by atoms with E-state index in [0.717, 1.165) is 25.9 Å². The summed E-state index contributed by atoms with van der Waals surface area (Å²) >= 11 is 0. The van der Waals surface area contributed by atoms with Gasteiger partial charge < -0.3 is 15.1 Å². The van der Waals surface area contributed by atoms with Gasteiger partial charge in [0.1, 0.15) is 0 Å². The Balaban J connectivity index is 3.82. The summed E-state index contributed by atoms with van der Waals surface area (Å²) in [5.41, 5.74) is -0.592. The van der Waals surface area contributed by atoms with Gasteiger partial charge in [-0.3, -0.25) is 0 Å². The Bertz CT molecular complexity index is 126. The minimum atomic E-state index is -0.592. The highest BCUT2D eigenvalue weighted by atomic mass is 16.3. The smallest absolute Gasteiger partial charge is 0.0743 e. The molecule has 1 atom stereocenters. The fourth-order valence-corrected chi connectivity index (χ4v) is 1.24. The number of aliphatic hydroxyl groups is 2. The van der Waals surface area contributed by atoms with E-state index in [0.29, 0.717) is 6.54 Å². The lowest BCUT2D eigenvalue weighted by molar-refractivity contribution is 0.0164. The van der Waals surface area contributed by atoms with Crippen molar-refractivity contribution in [3.05, 3.63) is 0 Å². The Labute approximate surface area is 81.4 Å². The molecule has 0 radical (unpaired) electrons. The third-order valence-electron chi connectivity index (χ3n) is 2.41. The summed E-state index contributed by atoms with van der Waals surface area (Å²) in [6.07, 6.45) is 1.55. The molecule has 0 aromatic carbocycles. The van der Waals surface area contributed by atoms with E-state index in [4.69, 9.17) is 5.11 Å². The predicted molar refractivity (Wildman–Crippen MR) is 54.7 cm³/mol. The fourth-order valence-electron chi connectivity index (χ4n) is 1.24. The molecule has 0 rings (SSSR count). The van der Waals surface area contributed by atoms with Gasteiger partial charge >= 0.3 is 0 Å². The van der Waals surface area contributed by atoms with Crippen LogP contribution in [0.1, 0.15) is 33.6 Å². The molecule has 1 unspecified atom stereocenters. The molecule has 0 heterocycles. The highest BCUT2D eigenvalue weighted by Gasteiger charge is 2.20. The van der Waals surface area contributed by atoms with E-state index in [9.17, 15) is 5.11 Å². The summed E-state index contributed by atoms with van der Waals surface area (Å²) in [5.74, 6) is 0. The van der Waals surface area contributed by atoms with Crippen LogP contribution in [0.4, 0.5) is 0 Å². The van der Waals surface area contributed by atoms with Crippen LogP contribution >= 0.6 is 0 Å². The molecule has 0 aliphatic carbocycles. The SMILES string of the molecule is CCN(CCCO)CC(C)(O)CC. The van der Waals surface area contributed by atoms with Gasteiger partial charge in [-0.25, -0.2) is 0 Å². The molecular weight excluding hydrogens is 166 g/mol. The van der Waals surface area contributed by atoms with E-state index < -0.39 is 5.60 Å². The standard InChI is InChI=1S/C10H23NO2/c1-4-10(3,13)9-11(5-2)7-6-8-12/h12-13H,4-9H2,1-3H3. The van der Waals surface area contributed by atoms with Crippen LogP contribution in [0.25, 0.3) is 0 Å². The molecule has 0 fully saturated rings. The maximum absolute atomic E-state index is 9.82. The van der Waals surface area contributed by atoms with Crippen molar-refractivity contribution in [1.82, 2.24) is 4.90 Å². The number of nitrogens with zero attached hydrogens (tertiary/aromatic N) is 1. The molecule has 3 nitrogen and oxygen atoms in total. The van der Waals surface area contributed by atoms with Gasteiger partial charge in [0.15, 0.2) is 0 Å². The van der Waals surface area contributed by atoms with Crippen molar-refractivity contribution in [1.29, 1.82) is 0 Å². The normalized spacial score (nSPS) is 16.2. The summed E-state index contributed by atoms with van der Waals surface area (Å²) in [7, 11) is 0. The fraction of sp³-hybridized carbons (Fsp3) is 1.00. The molecule has 2 N–H and O–H groups in total. The zero-order valence-electron chi connectivity index (χ0n) is 9.08. The maximum Gasteiger partial charge on any atom is 0.0743 e. The van der Waals surface area contributed by atoms with Gasteiger partial charge in [-0.1, -0.05) is 13.8 Å². The Hall–Kier alpha value is -0.120. The van der Waals surface area contributed by atoms with Gasteiger partial charge in [0.05, 0.1) is 5.60 Å². The van der Waals surface area contributed by atoms with Crippen LogP contribution in [-0.4, -0.2) is 47.0 Å². The van der Waals surface area contributed by atoms with Crippen LogP contribution in [0.15, 0.2) is 0 Å². The third kappa shape index (κ3) is 6.02. The van der Waals surface area contributed by atoms with Crippen LogP contribution in [-0.2, 0) is 0 Å². The van der Waals surface area contributed by atoms with Gasteiger partial charge in [-0.15, -0.1) is 0 Å². The van der Waals surface area contributed by atoms with Gasteiger partial charge in [0.2, 0.25) is 0 Å². The van der Waals surface area contributed by atoms with E-state index in [-0.39, 0.29) is 6.61 Å². The van der Waals surface area contributed by atoms with E-state index >= 15 is 0 Å². The minimum absolute atomic E-state index is 0.227. The topological polar surface area (TPSA) is 43.7 Å². The van der Waals surface area contributed by atoms with E-state index in [2.05, 4.69) is 11.8 Å². The molecular formula is C10H23NO2. The van der Waals surface area contributed by atoms with Crippen molar-refractivity contribution in [2.75, 3.05) is 26.2 Å². The van der Waals surface area contributed by atoms with E-state index in [1.165, 1.54) is 0 Å². The highest BCUT2D eigenvalue weighted by Crippen LogP contribution is 2.10. The summed E-state index contributed by atoms with van der Waals surface area (Å²) in [6, 6.07) is 0. The second kappa shape index (κ2) is 6.35. The average Bonchev–Trinajstić information content (AvgIpc) is 2.12. The number of hydrogen-bond acceptors (Lipinski definition) is 3. The van der Waals surface area contributed by atoms with Crippen molar-refractivity contribution in [3.8, 4) is 0 Å². The van der Waals surface area contributed by atoms with Gasteiger partial charge in [-0.05, 0) is 26.3 Å². The van der Waals surface area contributed by atoms with Crippen molar-refractivity contribution in [2.24, 2.45) is 0 Å². The molecule has 0 aliphatic heterocycles. The highest BCUT2D eigenvalue weighted by molar-refractivity contribution is 4.75. The molecule has 0 aliphatic rings. The van der Waals surface area contributed by atoms with Crippen molar-refractivity contribution < 1.29 is 10.2 Å². The number of likely N-dealkylation sites (N-methyl/N-ethyl adjacent to an activating group) is 1. The first-order valence-corrected chi connectivity index (χ1v) is 5.11. The van der Waals surface area contributed by atoms with Gasteiger partial charge in [0, 0.05) is 19.7 Å². The molecule has 0 bridgehead atoms. The first-order valence-electron chi connectivity index (χ1n) is 5.11. The molecule has 0 aromatic heterocycles. The Morgan fingerprint density at radius 3 is 2.31 bits per heavy atom. The number of rotatable bonds is 7. The summed E-state index contributed by atoms with van der Waals surface area (Å²) in [4.78, 5) is 2.17. The van der Waals surface area contributed by atoms with Crippen molar-refractivity contribution >= 4 is 0 Å². The monoisotopic (exact) mass is 189 g/mol. The zero-order valence-corrected chi connectivity index (χ0v) is 9.08. The number of hydrogen-bond donors (Lipinski definition) is 2. The van der Waals surface area contributed by atoms with Crippen LogP contribution in [0.3, 0.4) is 0 Å². The summed E-state index contributed by atoms with van der Waals surface area (Å²) in [6.45, 7) is 8.63. The maximum atomic E-state index is 9.82. The molecule has 0 amide bonds. The Kier molecular flexibility index (Phi) is 6.29. The molecule has 0 spiro atoms. The second-order valence-electron chi connectivity index (χ2n) is 3.80. The lowest BCUT2D eigenvalue weighted by Gasteiger charge is -2.29. The van der Waals surface area contributed by atoms with Crippen molar-refractivity contribution in [3.63, 3.8) is 0 Å². The van der Waals surface area contributed by atoms with Crippen LogP contribution < -0.4 is 0 Å². The zero-order chi connectivity index (χ0) is 10.3. The van der Waals surface area contributed by atoms with Crippen LogP contribution in [0.5, 0.6) is 0 Å². The Morgan fingerprint density at radius 1 is 1.31 bits per heavy atom. The molecule has 0 saturated heterocycles. The summed E-state index contributed by atoms with van der Waals surface area (Å²) in [5, 5.41) is 18.5. The predicted octanol–water partition coefficient (Wildman–Crippen LogP) is 0.852. The Morgan fingerprint density at radius 2 is 1.92 bits per heavy atom.